The van der Waals surface area contributed by atoms with E-state index in [-0.39, 0.29) is 11.9 Å². The zero-order valence-electron chi connectivity index (χ0n) is 16.1. The third kappa shape index (κ3) is 5.21. The van der Waals surface area contributed by atoms with E-state index in [0.717, 1.165) is 12.0 Å². The second-order valence-electron chi connectivity index (χ2n) is 6.66. The van der Waals surface area contributed by atoms with Crippen LogP contribution < -0.4 is 11.1 Å². The molecule has 0 fully saturated rings. The van der Waals surface area contributed by atoms with E-state index in [1.807, 2.05) is 61.0 Å². The molecule has 3 rings (SSSR count). The molecule has 0 radical (unpaired) electrons. The van der Waals surface area contributed by atoms with Gasteiger partial charge in [0.05, 0.1) is 11.8 Å². The van der Waals surface area contributed by atoms with Crippen molar-refractivity contribution in [3.05, 3.63) is 77.1 Å². The van der Waals surface area contributed by atoms with Gasteiger partial charge in [0.2, 0.25) is 5.91 Å². The highest BCUT2D eigenvalue weighted by Gasteiger charge is 2.18. The summed E-state index contributed by atoms with van der Waals surface area (Å²) in [5.74, 6) is 0.949. The number of carbonyl (C=O) groups excluding carboxylic acids is 1. The van der Waals surface area contributed by atoms with Gasteiger partial charge in [0.15, 0.2) is 11.0 Å². The number of carbonyl (C=O) groups is 1. The minimum absolute atomic E-state index is 0.0201. The summed E-state index contributed by atoms with van der Waals surface area (Å²) in [6, 6.07) is 17.8. The van der Waals surface area contributed by atoms with Crippen molar-refractivity contribution in [2.24, 2.45) is 12.8 Å². The van der Waals surface area contributed by atoms with Gasteiger partial charge in [-0.2, -0.15) is 0 Å². The van der Waals surface area contributed by atoms with E-state index in [9.17, 15) is 4.79 Å². The standard InChI is InChI=1S/C21H25N5OS/c1-15-8-10-17(11-9-15)19(22)20-24-25-21(26(20)2)28-14-18(27)23-13-12-16-6-4-3-5-7-16/h3-11,19H,12-14,22H2,1-2H3,(H,23,27). The monoisotopic (exact) mass is 395 g/mol. The largest absolute Gasteiger partial charge is 0.355 e. The molecule has 1 heterocycles. The maximum Gasteiger partial charge on any atom is 0.230 e. The maximum absolute atomic E-state index is 12.1. The van der Waals surface area contributed by atoms with E-state index in [4.69, 9.17) is 5.73 Å². The molecule has 0 bridgehead atoms. The number of thioether (sulfide) groups is 1. The summed E-state index contributed by atoms with van der Waals surface area (Å²) in [6.07, 6.45) is 0.816. The highest BCUT2D eigenvalue weighted by Crippen LogP contribution is 2.22. The molecule has 1 atom stereocenters. The third-order valence-corrected chi connectivity index (χ3v) is 5.51. The van der Waals surface area contributed by atoms with Crippen LogP contribution in [-0.4, -0.2) is 33.0 Å². The van der Waals surface area contributed by atoms with Crippen LogP contribution in [0.15, 0.2) is 59.8 Å². The van der Waals surface area contributed by atoms with Crippen LogP contribution in [0.25, 0.3) is 0 Å². The maximum atomic E-state index is 12.1. The van der Waals surface area contributed by atoms with Crippen LogP contribution in [0.2, 0.25) is 0 Å². The van der Waals surface area contributed by atoms with Gasteiger partial charge in [-0.1, -0.05) is 71.9 Å². The van der Waals surface area contributed by atoms with Crippen molar-refractivity contribution in [1.29, 1.82) is 0 Å². The lowest BCUT2D eigenvalue weighted by Crippen LogP contribution is -2.27. The number of aryl methyl sites for hydroxylation is 1. The number of benzene rings is 2. The van der Waals surface area contributed by atoms with Gasteiger partial charge in [-0.05, 0) is 24.5 Å². The Morgan fingerprint density at radius 3 is 2.57 bits per heavy atom. The van der Waals surface area contributed by atoms with E-state index in [1.165, 1.54) is 22.9 Å². The van der Waals surface area contributed by atoms with Crippen LogP contribution in [0.1, 0.15) is 28.6 Å². The molecule has 6 nitrogen and oxygen atoms in total. The highest BCUT2D eigenvalue weighted by molar-refractivity contribution is 7.99. The topological polar surface area (TPSA) is 85.8 Å². The second kappa shape index (κ2) is 9.52. The molecule has 1 amide bonds. The lowest BCUT2D eigenvalue weighted by atomic mass is 10.1. The summed E-state index contributed by atoms with van der Waals surface area (Å²) in [5.41, 5.74) is 9.72. The number of rotatable bonds is 8. The molecular weight excluding hydrogens is 370 g/mol. The molecule has 1 unspecified atom stereocenters. The van der Waals surface area contributed by atoms with Crippen molar-refractivity contribution in [3.8, 4) is 0 Å². The average Bonchev–Trinajstić information content (AvgIpc) is 3.07. The van der Waals surface area contributed by atoms with Gasteiger partial charge < -0.3 is 15.6 Å². The number of amides is 1. The molecule has 0 spiro atoms. The van der Waals surface area contributed by atoms with E-state index in [2.05, 4.69) is 27.6 Å². The van der Waals surface area contributed by atoms with Crippen molar-refractivity contribution >= 4 is 17.7 Å². The van der Waals surface area contributed by atoms with Crippen LogP contribution in [0, 0.1) is 6.92 Å². The van der Waals surface area contributed by atoms with Crippen molar-refractivity contribution in [1.82, 2.24) is 20.1 Å². The van der Waals surface area contributed by atoms with Crippen LogP contribution in [0.5, 0.6) is 0 Å². The fourth-order valence-corrected chi connectivity index (χ4v) is 3.57. The van der Waals surface area contributed by atoms with Gasteiger partial charge in [-0.3, -0.25) is 4.79 Å². The molecule has 0 aliphatic rings. The predicted octanol–water partition coefficient (Wildman–Crippen LogP) is 2.62. The Balaban J connectivity index is 1.51. The van der Waals surface area contributed by atoms with Gasteiger partial charge in [-0.25, -0.2) is 0 Å². The molecule has 0 aliphatic carbocycles. The minimum atomic E-state index is -0.354. The first-order valence-corrected chi connectivity index (χ1v) is 10.2. The first-order chi connectivity index (χ1) is 13.5. The summed E-state index contributed by atoms with van der Waals surface area (Å²) in [5, 5.41) is 12.0. The Kier molecular flexibility index (Phi) is 6.84. The smallest absolute Gasteiger partial charge is 0.230 e. The second-order valence-corrected chi connectivity index (χ2v) is 7.60. The molecular formula is C21H25N5OS. The Morgan fingerprint density at radius 2 is 1.86 bits per heavy atom. The predicted molar refractivity (Wildman–Crippen MR) is 112 cm³/mol. The zero-order chi connectivity index (χ0) is 19.9. The molecule has 7 heteroatoms. The summed E-state index contributed by atoms with van der Waals surface area (Å²) in [4.78, 5) is 12.1. The van der Waals surface area contributed by atoms with Gasteiger partial charge in [-0.15, -0.1) is 10.2 Å². The third-order valence-electron chi connectivity index (χ3n) is 4.49. The molecule has 146 valence electrons. The summed E-state index contributed by atoms with van der Waals surface area (Å²) < 4.78 is 1.85. The fraction of sp³-hybridized carbons (Fsp3) is 0.286. The van der Waals surface area contributed by atoms with Crippen LogP contribution in [-0.2, 0) is 18.3 Å². The average molecular weight is 396 g/mol. The quantitative estimate of drug-likeness (QED) is 0.573. The molecule has 3 N–H and O–H groups in total. The van der Waals surface area contributed by atoms with E-state index >= 15 is 0 Å². The number of hydrogen-bond acceptors (Lipinski definition) is 5. The van der Waals surface area contributed by atoms with E-state index in [0.29, 0.717) is 23.3 Å². The number of nitrogens with one attached hydrogen (secondary N) is 1. The van der Waals surface area contributed by atoms with Crippen molar-refractivity contribution in [3.63, 3.8) is 0 Å². The first kappa shape index (κ1) is 20.1. The Hall–Kier alpha value is -2.64. The van der Waals surface area contributed by atoms with Crippen molar-refractivity contribution < 1.29 is 4.79 Å². The summed E-state index contributed by atoms with van der Waals surface area (Å²) in [6.45, 7) is 2.66. The van der Waals surface area contributed by atoms with Gasteiger partial charge in [0.1, 0.15) is 0 Å². The Labute approximate surface area is 169 Å². The number of nitrogens with zero attached hydrogens (tertiary/aromatic N) is 3. The lowest BCUT2D eigenvalue weighted by molar-refractivity contribution is -0.118. The van der Waals surface area contributed by atoms with E-state index in [1.54, 1.807) is 0 Å². The molecule has 2 aromatic carbocycles. The molecule has 0 saturated carbocycles. The Morgan fingerprint density at radius 1 is 1.14 bits per heavy atom. The number of aromatic nitrogens is 3. The molecule has 0 saturated heterocycles. The SMILES string of the molecule is Cc1ccc(C(N)c2nnc(SCC(=O)NCCc3ccccc3)n2C)cc1. The van der Waals surface area contributed by atoms with Gasteiger partial charge >= 0.3 is 0 Å². The molecule has 3 aromatic rings. The van der Waals surface area contributed by atoms with Gasteiger partial charge in [0.25, 0.3) is 0 Å². The molecule has 1 aromatic heterocycles. The Bertz CT molecular complexity index is 908. The van der Waals surface area contributed by atoms with Crippen LogP contribution in [0.4, 0.5) is 0 Å². The zero-order valence-corrected chi connectivity index (χ0v) is 16.9. The van der Waals surface area contributed by atoms with Crippen molar-refractivity contribution in [2.45, 2.75) is 24.5 Å². The summed E-state index contributed by atoms with van der Waals surface area (Å²) >= 11 is 1.36. The number of nitrogens with two attached hydrogens (primary N) is 1. The van der Waals surface area contributed by atoms with Gasteiger partial charge in [0, 0.05) is 13.6 Å². The fourth-order valence-electron chi connectivity index (χ4n) is 2.82. The summed E-state index contributed by atoms with van der Waals surface area (Å²) in [7, 11) is 1.87. The number of hydrogen-bond donors (Lipinski definition) is 2. The van der Waals surface area contributed by atoms with Crippen molar-refractivity contribution in [2.75, 3.05) is 12.3 Å². The highest BCUT2D eigenvalue weighted by atomic mass is 32.2. The molecule has 28 heavy (non-hydrogen) atoms. The minimum Gasteiger partial charge on any atom is -0.355 e. The van der Waals surface area contributed by atoms with Crippen LogP contribution >= 0.6 is 11.8 Å². The molecule has 0 aliphatic heterocycles. The lowest BCUT2D eigenvalue weighted by Gasteiger charge is -2.12. The first-order valence-electron chi connectivity index (χ1n) is 9.19. The van der Waals surface area contributed by atoms with Crippen LogP contribution in [0.3, 0.4) is 0 Å². The normalized spacial score (nSPS) is 12.0. The van der Waals surface area contributed by atoms with E-state index < -0.39 is 0 Å².